The zero-order chi connectivity index (χ0) is 14.8. The van der Waals surface area contributed by atoms with Gasteiger partial charge in [0.1, 0.15) is 5.82 Å². The number of fused-ring (bicyclic) bond motifs is 1. The Morgan fingerprint density at radius 3 is 3.05 bits per heavy atom. The summed E-state index contributed by atoms with van der Waals surface area (Å²) in [6, 6.07) is 6.50. The monoisotopic (exact) mass is 306 g/mol. The number of benzene rings is 1. The van der Waals surface area contributed by atoms with Crippen LogP contribution in [0.4, 0.5) is 4.39 Å². The molecule has 108 valence electrons. The van der Waals surface area contributed by atoms with E-state index in [9.17, 15) is 9.18 Å². The summed E-state index contributed by atoms with van der Waals surface area (Å²) in [5.41, 5.74) is 0. The lowest BCUT2D eigenvalue weighted by Gasteiger charge is -2.00. The van der Waals surface area contributed by atoms with Gasteiger partial charge >= 0.3 is 5.97 Å². The van der Waals surface area contributed by atoms with Gasteiger partial charge in [0.15, 0.2) is 5.82 Å². The molecule has 0 unspecified atom stereocenters. The minimum atomic E-state index is -0.845. The average molecular weight is 306 g/mol. The molecule has 0 radical (unpaired) electrons. The molecule has 0 saturated heterocycles. The highest BCUT2D eigenvalue weighted by Crippen LogP contribution is 2.32. The van der Waals surface area contributed by atoms with Gasteiger partial charge in [0.25, 0.3) is 0 Å². The molecule has 2 heterocycles. The molecule has 0 amide bonds. The topological polar surface area (TPSA) is 80.9 Å². The van der Waals surface area contributed by atoms with Crippen LogP contribution in [0.5, 0.6) is 0 Å². The number of aliphatic carboxylic acids is 1. The number of aryl methyl sites for hydroxylation is 1. The number of thiophene rings is 1. The highest BCUT2D eigenvalue weighted by atomic mass is 32.1. The van der Waals surface area contributed by atoms with Gasteiger partial charge in [0.05, 0.1) is 4.88 Å². The van der Waals surface area contributed by atoms with Crippen molar-refractivity contribution in [3.63, 3.8) is 0 Å². The summed E-state index contributed by atoms with van der Waals surface area (Å²) < 4.78 is 15.6. The molecule has 0 aliphatic carbocycles. The molecule has 0 spiro atoms. The summed E-state index contributed by atoms with van der Waals surface area (Å²) in [5, 5.41) is 21.1. The maximum Gasteiger partial charge on any atom is 0.303 e. The predicted octanol–water partition coefficient (Wildman–Crippen LogP) is 2.56. The van der Waals surface area contributed by atoms with Crippen LogP contribution in [0.25, 0.3) is 20.8 Å². The van der Waals surface area contributed by atoms with Crippen molar-refractivity contribution in [1.29, 1.82) is 0 Å². The number of aromatic nitrogens is 4. The lowest BCUT2D eigenvalue weighted by Crippen LogP contribution is -2.05. The van der Waals surface area contributed by atoms with Crippen LogP contribution < -0.4 is 0 Å². The standard InChI is InChI=1S/C13H11FN4O2S/c14-9-4-3-8-6-11(21-10(8)7-9)13-15-16-17-18(13)5-1-2-12(19)20/h3-4,6-7H,1-2,5H2,(H,19,20). The second-order valence-corrected chi connectivity index (χ2v) is 5.60. The molecule has 3 rings (SSSR count). The van der Waals surface area contributed by atoms with Crippen molar-refractivity contribution in [2.24, 2.45) is 0 Å². The van der Waals surface area contributed by atoms with Crippen molar-refractivity contribution < 1.29 is 14.3 Å². The fourth-order valence-electron chi connectivity index (χ4n) is 2.03. The number of hydrogen-bond acceptors (Lipinski definition) is 5. The molecule has 0 aliphatic rings. The van der Waals surface area contributed by atoms with E-state index in [2.05, 4.69) is 15.5 Å². The Hall–Kier alpha value is -2.35. The van der Waals surface area contributed by atoms with E-state index in [-0.39, 0.29) is 12.2 Å². The maximum absolute atomic E-state index is 13.2. The molecule has 8 heteroatoms. The molecule has 21 heavy (non-hydrogen) atoms. The van der Waals surface area contributed by atoms with Gasteiger partial charge in [-0.1, -0.05) is 6.07 Å². The van der Waals surface area contributed by atoms with Crippen LogP contribution in [-0.2, 0) is 11.3 Å². The van der Waals surface area contributed by atoms with E-state index >= 15 is 0 Å². The van der Waals surface area contributed by atoms with Gasteiger partial charge in [-0.05, 0) is 40.4 Å². The molecule has 0 aliphatic heterocycles. The van der Waals surface area contributed by atoms with Gasteiger partial charge in [0, 0.05) is 17.7 Å². The van der Waals surface area contributed by atoms with Crippen molar-refractivity contribution in [3.05, 3.63) is 30.1 Å². The zero-order valence-corrected chi connectivity index (χ0v) is 11.7. The van der Waals surface area contributed by atoms with Gasteiger partial charge in [-0.15, -0.1) is 16.4 Å². The summed E-state index contributed by atoms with van der Waals surface area (Å²) in [6.07, 6.45) is 0.518. The van der Waals surface area contributed by atoms with E-state index in [0.717, 1.165) is 15.0 Å². The zero-order valence-electron chi connectivity index (χ0n) is 10.9. The van der Waals surface area contributed by atoms with E-state index in [4.69, 9.17) is 5.11 Å². The summed E-state index contributed by atoms with van der Waals surface area (Å²) in [4.78, 5) is 11.4. The first kappa shape index (κ1) is 13.6. The molecule has 6 nitrogen and oxygen atoms in total. The molecule has 1 aromatic carbocycles. The number of carboxylic acids is 1. The summed E-state index contributed by atoms with van der Waals surface area (Å²) in [5.74, 6) is -0.555. The normalized spacial score (nSPS) is 11.1. The van der Waals surface area contributed by atoms with Crippen molar-refractivity contribution >= 4 is 27.4 Å². The highest BCUT2D eigenvalue weighted by molar-refractivity contribution is 7.22. The lowest BCUT2D eigenvalue weighted by molar-refractivity contribution is -0.137. The molecule has 1 N–H and O–H groups in total. The van der Waals surface area contributed by atoms with Gasteiger partial charge in [-0.25, -0.2) is 9.07 Å². The third kappa shape index (κ3) is 2.89. The quantitative estimate of drug-likeness (QED) is 0.783. The second-order valence-electron chi connectivity index (χ2n) is 4.52. The van der Waals surface area contributed by atoms with Gasteiger partial charge in [-0.2, -0.15) is 0 Å². The van der Waals surface area contributed by atoms with Crippen molar-refractivity contribution in [2.75, 3.05) is 0 Å². The van der Waals surface area contributed by atoms with Crippen LogP contribution in [0.3, 0.4) is 0 Å². The molecular formula is C13H11FN4O2S. The van der Waals surface area contributed by atoms with E-state index in [1.165, 1.54) is 23.5 Å². The van der Waals surface area contributed by atoms with Crippen LogP contribution in [-0.4, -0.2) is 31.3 Å². The Morgan fingerprint density at radius 1 is 1.38 bits per heavy atom. The molecular weight excluding hydrogens is 295 g/mol. The number of nitrogens with zero attached hydrogens (tertiary/aromatic N) is 4. The van der Waals surface area contributed by atoms with Crippen LogP contribution >= 0.6 is 11.3 Å². The Kier molecular flexibility index (Phi) is 3.61. The Labute approximate surface area is 122 Å². The predicted molar refractivity (Wildman–Crippen MR) is 75.5 cm³/mol. The van der Waals surface area contributed by atoms with Gasteiger partial charge < -0.3 is 5.11 Å². The number of carboxylic acid groups (broad SMARTS) is 1. The summed E-state index contributed by atoms with van der Waals surface area (Å²) in [7, 11) is 0. The number of halogens is 1. The second kappa shape index (κ2) is 5.57. The van der Waals surface area contributed by atoms with Gasteiger partial charge in [0.2, 0.25) is 0 Å². The van der Waals surface area contributed by atoms with E-state index in [0.29, 0.717) is 18.8 Å². The Morgan fingerprint density at radius 2 is 2.24 bits per heavy atom. The number of hydrogen-bond donors (Lipinski definition) is 1. The molecule has 3 aromatic rings. The SMILES string of the molecule is O=C(O)CCCn1nnnc1-c1cc2ccc(F)cc2s1. The smallest absolute Gasteiger partial charge is 0.303 e. The minimum Gasteiger partial charge on any atom is -0.481 e. The minimum absolute atomic E-state index is 0.0664. The highest BCUT2D eigenvalue weighted by Gasteiger charge is 2.13. The third-order valence-corrected chi connectivity index (χ3v) is 4.09. The van der Waals surface area contributed by atoms with Crippen molar-refractivity contribution in [1.82, 2.24) is 20.2 Å². The lowest BCUT2D eigenvalue weighted by atomic mass is 10.2. The van der Waals surface area contributed by atoms with Crippen molar-refractivity contribution in [2.45, 2.75) is 19.4 Å². The third-order valence-electron chi connectivity index (χ3n) is 2.99. The van der Waals surface area contributed by atoms with Gasteiger partial charge in [-0.3, -0.25) is 4.79 Å². The first-order valence-corrected chi connectivity index (χ1v) is 7.12. The van der Waals surface area contributed by atoms with Crippen LogP contribution in [0.2, 0.25) is 0 Å². The number of tetrazole rings is 1. The average Bonchev–Trinajstić information content (AvgIpc) is 3.03. The summed E-state index contributed by atoms with van der Waals surface area (Å²) in [6.45, 7) is 0.428. The Balaban J connectivity index is 1.88. The molecule has 2 aromatic heterocycles. The van der Waals surface area contributed by atoms with Crippen LogP contribution in [0.1, 0.15) is 12.8 Å². The first-order valence-electron chi connectivity index (χ1n) is 6.31. The van der Waals surface area contributed by atoms with Crippen LogP contribution in [0, 0.1) is 5.82 Å². The molecule has 0 bridgehead atoms. The Bertz CT molecular complexity index is 798. The number of carbonyl (C=O) groups is 1. The number of rotatable bonds is 5. The molecule has 0 saturated carbocycles. The first-order chi connectivity index (χ1) is 10.1. The summed E-state index contributed by atoms with van der Waals surface area (Å²) >= 11 is 1.40. The fraction of sp³-hybridized carbons (Fsp3) is 0.231. The molecule has 0 fully saturated rings. The van der Waals surface area contributed by atoms with E-state index in [1.54, 1.807) is 10.7 Å². The van der Waals surface area contributed by atoms with E-state index < -0.39 is 5.97 Å². The fourth-order valence-corrected chi connectivity index (χ4v) is 3.10. The van der Waals surface area contributed by atoms with Crippen LogP contribution in [0.15, 0.2) is 24.3 Å². The maximum atomic E-state index is 13.2. The van der Waals surface area contributed by atoms with E-state index in [1.807, 2.05) is 6.07 Å². The largest absolute Gasteiger partial charge is 0.481 e. The molecule has 0 atom stereocenters. The van der Waals surface area contributed by atoms with Crippen molar-refractivity contribution in [3.8, 4) is 10.7 Å².